The highest BCUT2D eigenvalue weighted by Gasteiger charge is 2.12. The molecule has 0 fully saturated rings. The maximum Gasteiger partial charge on any atom is 0.274 e. The molecule has 1 aromatic rings. The number of hydrogen-bond acceptors (Lipinski definition) is 1. The lowest BCUT2D eigenvalue weighted by Gasteiger charge is -2.02. The van der Waals surface area contributed by atoms with Gasteiger partial charge >= 0.3 is 0 Å². The minimum atomic E-state index is -2.00. The molecular weight excluding hydrogens is 181 g/mol. The summed E-state index contributed by atoms with van der Waals surface area (Å²) in [5, 5.41) is 2.30. The van der Waals surface area contributed by atoms with Gasteiger partial charge in [-0.1, -0.05) is 29.8 Å². The zero-order valence-electron chi connectivity index (χ0n) is 6.13. The summed E-state index contributed by atoms with van der Waals surface area (Å²) in [5.74, 6) is -0.845. The predicted octanol–water partition coefficient (Wildman–Crippen LogP) is 2.16. The first-order chi connectivity index (χ1) is 5.70. The van der Waals surface area contributed by atoms with Gasteiger partial charge in [-0.25, -0.2) is 4.39 Å². The molecule has 0 bridgehead atoms. The fraction of sp³-hybridized carbons (Fsp3) is 0.125. The largest absolute Gasteiger partial charge is 0.322 e. The Balaban J connectivity index is 2.59. The number of carbonyl (C=O) groups is 1. The minimum absolute atomic E-state index is 0.533. The highest BCUT2D eigenvalue weighted by molar-refractivity contribution is 6.31. The third kappa shape index (κ3) is 2.51. The number of alkyl halides is 2. The van der Waals surface area contributed by atoms with Crippen molar-refractivity contribution in [1.82, 2.24) is 0 Å². The van der Waals surface area contributed by atoms with Crippen LogP contribution in [0.4, 0.5) is 10.1 Å². The highest BCUT2D eigenvalue weighted by Crippen LogP contribution is 2.07. The summed E-state index contributed by atoms with van der Waals surface area (Å²) in [4.78, 5) is 10.7. The summed E-state index contributed by atoms with van der Waals surface area (Å²) in [6, 6.07) is 8.56. The Hall–Kier alpha value is -1.09. The van der Waals surface area contributed by atoms with Crippen LogP contribution >= 0.6 is 11.6 Å². The van der Waals surface area contributed by atoms with Crippen LogP contribution in [0.1, 0.15) is 0 Å². The monoisotopic (exact) mass is 187 g/mol. The molecule has 1 rings (SSSR count). The normalized spacial score (nSPS) is 12.2. The molecule has 0 radical (unpaired) electrons. The van der Waals surface area contributed by atoms with Gasteiger partial charge in [-0.3, -0.25) is 4.79 Å². The molecule has 0 aromatic heterocycles. The van der Waals surface area contributed by atoms with Crippen molar-refractivity contribution < 1.29 is 9.18 Å². The Morgan fingerprint density at radius 2 is 2.00 bits per heavy atom. The van der Waals surface area contributed by atoms with Crippen molar-refractivity contribution in [2.75, 3.05) is 5.32 Å². The summed E-state index contributed by atoms with van der Waals surface area (Å²) in [7, 11) is 0. The zero-order valence-corrected chi connectivity index (χ0v) is 6.88. The van der Waals surface area contributed by atoms with Gasteiger partial charge in [-0.15, -0.1) is 0 Å². The first kappa shape index (κ1) is 9.00. The van der Waals surface area contributed by atoms with Gasteiger partial charge in [0.25, 0.3) is 11.5 Å². The number of nitrogens with one attached hydrogen (secondary N) is 1. The maximum atomic E-state index is 12.1. The van der Waals surface area contributed by atoms with Gasteiger partial charge in [-0.2, -0.15) is 0 Å². The number of carbonyl (C=O) groups excluding carboxylic acids is 1. The fourth-order valence-electron chi connectivity index (χ4n) is 0.718. The van der Waals surface area contributed by atoms with Crippen molar-refractivity contribution in [3.8, 4) is 0 Å². The number of rotatable bonds is 2. The van der Waals surface area contributed by atoms with E-state index < -0.39 is 11.5 Å². The average molecular weight is 188 g/mol. The van der Waals surface area contributed by atoms with Crippen LogP contribution in [0.15, 0.2) is 30.3 Å². The van der Waals surface area contributed by atoms with Crippen LogP contribution in [-0.2, 0) is 4.79 Å². The van der Waals surface area contributed by atoms with Crippen molar-refractivity contribution >= 4 is 23.2 Å². The predicted molar refractivity (Wildman–Crippen MR) is 45.8 cm³/mol. The van der Waals surface area contributed by atoms with E-state index in [1.54, 1.807) is 30.3 Å². The molecule has 4 heteroatoms. The summed E-state index contributed by atoms with van der Waals surface area (Å²) >= 11 is 4.90. The molecule has 1 N–H and O–H groups in total. The van der Waals surface area contributed by atoms with Crippen molar-refractivity contribution in [1.29, 1.82) is 0 Å². The summed E-state index contributed by atoms with van der Waals surface area (Å²) < 4.78 is 12.1. The van der Waals surface area contributed by atoms with Crippen LogP contribution in [0, 0.1) is 0 Å². The average Bonchev–Trinajstić information content (AvgIpc) is 2.06. The van der Waals surface area contributed by atoms with Crippen LogP contribution in [0.25, 0.3) is 0 Å². The van der Waals surface area contributed by atoms with Crippen molar-refractivity contribution in [2.24, 2.45) is 0 Å². The second-order valence-electron chi connectivity index (χ2n) is 2.16. The van der Waals surface area contributed by atoms with E-state index >= 15 is 0 Å². The van der Waals surface area contributed by atoms with Gasteiger partial charge < -0.3 is 5.32 Å². The lowest BCUT2D eigenvalue weighted by atomic mass is 10.3. The van der Waals surface area contributed by atoms with Gasteiger partial charge in [0, 0.05) is 5.69 Å². The molecule has 0 saturated carbocycles. The third-order valence-corrected chi connectivity index (χ3v) is 1.44. The molecule has 2 nitrogen and oxygen atoms in total. The van der Waals surface area contributed by atoms with Gasteiger partial charge in [0.1, 0.15) is 0 Å². The second-order valence-corrected chi connectivity index (χ2v) is 2.54. The van der Waals surface area contributed by atoms with Crippen LogP contribution in [0.3, 0.4) is 0 Å². The van der Waals surface area contributed by atoms with E-state index in [2.05, 4.69) is 5.32 Å². The third-order valence-electron chi connectivity index (χ3n) is 1.24. The van der Waals surface area contributed by atoms with Crippen LogP contribution < -0.4 is 5.32 Å². The van der Waals surface area contributed by atoms with E-state index in [0.29, 0.717) is 5.69 Å². The molecule has 1 amide bonds. The Labute approximate surface area is 74.3 Å². The summed E-state index contributed by atoms with van der Waals surface area (Å²) in [6.07, 6.45) is 0. The molecule has 0 aliphatic carbocycles. The van der Waals surface area contributed by atoms with Gasteiger partial charge in [0.15, 0.2) is 0 Å². The number of benzene rings is 1. The van der Waals surface area contributed by atoms with E-state index in [-0.39, 0.29) is 0 Å². The van der Waals surface area contributed by atoms with E-state index in [1.165, 1.54) is 0 Å². The summed E-state index contributed by atoms with van der Waals surface area (Å²) in [5.41, 5.74) is -1.46. The number of anilines is 1. The molecule has 64 valence electrons. The SMILES string of the molecule is O=C(Nc1ccccc1)C(F)Cl. The smallest absolute Gasteiger partial charge is 0.274 e. The topological polar surface area (TPSA) is 29.1 Å². The van der Waals surface area contributed by atoms with Crippen LogP contribution in [0.2, 0.25) is 0 Å². The number of hydrogen-bond donors (Lipinski definition) is 1. The Kier molecular flexibility index (Phi) is 3.05. The quantitative estimate of drug-likeness (QED) is 0.707. The number of halogens is 2. The van der Waals surface area contributed by atoms with Crippen molar-refractivity contribution in [3.63, 3.8) is 0 Å². The molecule has 0 aliphatic rings. The van der Waals surface area contributed by atoms with Crippen molar-refractivity contribution in [3.05, 3.63) is 30.3 Å². The molecular formula is C8H7ClFNO. The second kappa shape index (κ2) is 4.07. The Morgan fingerprint density at radius 3 is 2.50 bits per heavy atom. The van der Waals surface area contributed by atoms with Gasteiger partial charge in [0.2, 0.25) is 0 Å². The first-order valence-corrected chi connectivity index (χ1v) is 3.78. The standard InChI is InChI=1S/C8H7ClFNO/c9-7(10)8(12)11-6-4-2-1-3-5-6/h1-5,7H,(H,11,12). The van der Waals surface area contributed by atoms with Crippen LogP contribution in [-0.4, -0.2) is 11.5 Å². The van der Waals surface area contributed by atoms with E-state index in [9.17, 15) is 9.18 Å². The highest BCUT2D eigenvalue weighted by atomic mass is 35.5. The zero-order chi connectivity index (χ0) is 8.97. The lowest BCUT2D eigenvalue weighted by Crippen LogP contribution is -2.19. The molecule has 1 aromatic carbocycles. The minimum Gasteiger partial charge on any atom is -0.322 e. The lowest BCUT2D eigenvalue weighted by molar-refractivity contribution is -0.118. The molecule has 0 saturated heterocycles. The molecule has 1 unspecified atom stereocenters. The van der Waals surface area contributed by atoms with E-state index in [4.69, 9.17) is 11.6 Å². The molecule has 12 heavy (non-hydrogen) atoms. The molecule has 0 heterocycles. The van der Waals surface area contributed by atoms with Gasteiger partial charge in [-0.05, 0) is 12.1 Å². The Bertz CT molecular complexity index is 263. The first-order valence-electron chi connectivity index (χ1n) is 3.34. The maximum absolute atomic E-state index is 12.1. The molecule has 0 spiro atoms. The van der Waals surface area contributed by atoms with Crippen LogP contribution in [0.5, 0.6) is 0 Å². The number of amides is 1. The van der Waals surface area contributed by atoms with E-state index in [0.717, 1.165) is 0 Å². The number of para-hydroxylation sites is 1. The fourth-order valence-corrected chi connectivity index (χ4v) is 0.773. The van der Waals surface area contributed by atoms with Crippen molar-refractivity contribution in [2.45, 2.75) is 5.63 Å². The van der Waals surface area contributed by atoms with E-state index in [1.807, 2.05) is 0 Å². The molecule has 0 aliphatic heterocycles. The Morgan fingerprint density at radius 1 is 1.42 bits per heavy atom. The van der Waals surface area contributed by atoms with Gasteiger partial charge in [0.05, 0.1) is 0 Å². The summed E-state index contributed by atoms with van der Waals surface area (Å²) in [6.45, 7) is 0. The molecule has 1 atom stereocenters.